The van der Waals surface area contributed by atoms with Gasteiger partial charge in [-0.1, -0.05) is 24.1 Å². The van der Waals surface area contributed by atoms with Gasteiger partial charge in [0.05, 0.1) is 17.3 Å². The Bertz CT molecular complexity index is 841. The first kappa shape index (κ1) is 12.5. The summed E-state index contributed by atoms with van der Waals surface area (Å²) < 4.78 is 2.24. The summed E-state index contributed by atoms with van der Waals surface area (Å²) in [6.07, 6.45) is 5.30. The normalized spacial score (nSPS) is 10.7. The number of nitrogens with zero attached hydrogens (tertiary/aromatic N) is 1. The van der Waals surface area contributed by atoms with E-state index >= 15 is 0 Å². The van der Waals surface area contributed by atoms with Crippen molar-refractivity contribution in [2.24, 2.45) is 7.05 Å². The first-order valence-corrected chi connectivity index (χ1v) is 6.71. The predicted octanol–water partition coefficient (Wildman–Crippen LogP) is 3.17. The molecule has 1 aromatic heterocycles. The summed E-state index contributed by atoms with van der Waals surface area (Å²) in [6, 6.07) is 14.9. The second-order valence-corrected chi connectivity index (χ2v) is 4.98. The number of aromatic nitrogens is 1. The zero-order valence-electron chi connectivity index (χ0n) is 11.8. The number of terminal acetylenes is 1. The topological polar surface area (TPSA) is 15.9 Å². The Morgan fingerprint density at radius 1 is 1.10 bits per heavy atom. The molecule has 1 N–H and O–H groups in total. The summed E-state index contributed by atoms with van der Waals surface area (Å²) in [4.78, 5) is 0. The highest BCUT2D eigenvalue weighted by molar-refractivity contribution is 6.05. The van der Waals surface area contributed by atoms with Crippen LogP contribution in [-0.4, -0.2) is 6.54 Å². The van der Waals surface area contributed by atoms with E-state index in [4.69, 9.17) is 6.42 Å². The van der Waals surface area contributed by atoms with Gasteiger partial charge in [-0.15, -0.1) is 6.42 Å². The first-order chi connectivity index (χ1) is 9.72. The zero-order chi connectivity index (χ0) is 14.1. The summed E-state index contributed by atoms with van der Waals surface area (Å²) >= 11 is 0. The van der Waals surface area contributed by atoms with Crippen molar-refractivity contribution in [1.82, 2.24) is 0 Å². The molecule has 2 aromatic carbocycles. The van der Waals surface area contributed by atoms with Gasteiger partial charge in [-0.2, -0.15) is 4.57 Å². The van der Waals surface area contributed by atoms with Crippen LogP contribution in [0.2, 0.25) is 0 Å². The van der Waals surface area contributed by atoms with Gasteiger partial charge in [0, 0.05) is 24.1 Å². The Labute approximate surface area is 119 Å². The van der Waals surface area contributed by atoms with E-state index in [1.54, 1.807) is 0 Å². The summed E-state index contributed by atoms with van der Waals surface area (Å²) in [5, 5.41) is 7.05. The molecule has 0 spiro atoms. The smallest absolute Gasteiger partial charge is 0.213 e. The van der Waals surface area contributed by atoms with Crippen LogP contribution < -0.4 is 9.88 Å². The van der Waals surface area contributed by atoms with Crippen LogP contribution in [0, 0.1) is 19.3 Å². The molecule has 0 radical (unpaired) electrons. The van der Waals surface area contributed by atoms with E-state index in [0.29, 0.717) is 6.54 Å². The molecule has 0 saturated carbocycles. The van der Waals surface area contributed by atoms with Crippen molar-refractivity contribution in [3.8, 4) is 12.3 Å². The molecular formula is C18H17N2+. The van der Waals surface area contributed by atoms with E-state index in [2.05, 4.69) is 72.2 Å². The Morgan fingerprint density at radius 2 is 1.90 bits per heavy atom. The number of hydrogen-bond donors (Lipinski definition) is 1. The Kier molecular flexibility index (Phi) is 3.04. The number of pyridine rings is 1. The second-order valence-electron chi connectivity index (χ2n) is 4.98. The third kappa shape index (κ3) is 1.88. The fraction of sp³-hybridized carbons (Fsp3) is 0.167. The average molecular weight is 261 g/mol. The lowest BCUT2D eigenvalue weighted by Gasteiger charge is -2.09. The molecule has 3 rings (SSSR count). The van der Waals surface area contributed by atoms with Crippen LogP contribution in [0.4, 0.5) is 5.69 Å². The second kappa shape index (κ2) is 4.86. The molecule has 0 fully saturated rings. The number of rotatable bonds is 2. The quantitative estimate of drug-likeness (QED) is 0.425. The van der Waals surface area contributed by atoms with Gasteiger partial charge < -0.3 is 5.32 Å². The molecule has 20 heavy (non-hydrogen) atoms. The largest absolute Gasteiger partial charge is 0.374 e. The first-order valence-electron chi connectivity index (χ1n) is 6.71. The zero-order valence-corrected chi connectivity index (χ0v) is 11.8. The van der Waals surface area contributed by atoms with Crippen LogP contribution in [-0.2, 0) is 7.05 Å². The molecular weight excluding hydrogens is 244 g/mol. The molecule has 0 aliphatic rings. The predicted molar refractivity (Wildman–Crippen MR) is 84.7 cm³/mol. The minimum absolute atomic E-state index is 0.546. The van der Waals surface area contributed by atoms with Crippen LogP contribution in [0.25, 0.3) is 21.7 Å². The number of nitrogens with one attached hydrogen (secondary N) is 1. The molecule has 0 atom stereocenters. The van der Waals surface area contributed by atoms with Crippen molar-refractivity contribution in [1.29, 1.82) is 0 Å². The fourth-order valence-corrected chi connectivity index (χ4v) is 2.70. The number of hydrogen-bond acceptors (Lipinski definition) is 1. The molecule has 0 amide bonds. The third-order valence-corrected chi connectivity index (χ3v) is 3.86. The van der Waals surface area contributed by atoms with E-state index in [0.717, 1.165) is 5.69 Å². The molecule has 98 valence electrons. The average Bonchev–Trinajstić information content (AvgIpc) is 2.50. The van der Waals surface area contributed by atoms with Crippen molar-refractivity contribution >= 4 is 27.4 Å². The monoisotopic (exact) mass is 261 g/mol. The van der Waals surface area contributed by atoms with Crippen LogP contribution in [0.1, 0.15) is 5.69 Å². The van der Waals surface area contributed by atoms with Crippen LogP contribution >= 0.6 is 0 Å². The van der Waals surface area contributed by atoms with Gasteiger partial charge >= 0.3 is 0 Å². The Balaban J connectivity index is 2.33. The van der Waals surface area contributed by atoms with Gasteiger partial charge in [0.25, 0.3) is 0 Å². The molecule has 0 unspecified atom stereocenters. The maximum atomic E-state index is 5.30. The van der Waals surface area contributed by atoms with E-state index in [1.165, 1.54) is 27.4 Å². The van der Waals surface area contributed by atoms with Crippen molar-refractivity contribution in [3.63, 3.8) is 0 Å². The molecule has 0 aliphatic heterocycles. The molecule has 0 aliphatic carbocycles. The van der Waals surface area contributed by atoms with Crippen molar-refractivity contribution in [2.45, 2.75) is 6.92 Å². The number of anilines is 1. The van der Waals surface area contributed by atoms with Gasteiger partial charge in [0.1, 0.15) is 7.05 Å². The fourth-order valence-electron chi connectivity index (χ4n) is 2.70. The lowest BCUT2D eigenvalue weighted by Crippen LogP contribution is -2.33. The van der Waals surface area contributed by atoms with Crippen LogP contribution in [0.3, 0.4) is 0 Å². The van der Waals surface area contributed by atoms with Gasteiger partial charge in [-0.25, -0.2) is 0 Å². The number of benzene rings is 2. The Morgan fingerprint density at radius 3 is 2.70 bits per heavy atom. The van der Waals surface area contributed by atoms with Gasteiger partial charge in [-0.05, 0) is 18.2 Å². The summed E-state index contributed by atoms with van der Waals surface area (Å²) in [6.45, 7) is 2.70. The van der Waals surface area contributed by atoms with Gasteiger partial charge in [0.15, 0.2) is 5.69 Å². The minimum atomic E-state index is 0.546. The minimum Gasteiger partial charge on any atom is -0.374 e. The van der Waals surface area contributed by atoms with Crippen molar-refractivity contribution < 1.29 is 4.57 Å². The van der Waals surface area contributed by atoms with Crippen molar-refractivity contribution in [2.75, 3.05) is 11.9 Å². The van der Waals surface area contributed by atoms with Crippen molar-refractivity contribution in [3.05, 3.63) is 48.2 Å². The highest BCUT2D eigenvalue weighted by Crippen LogP contribution is 2.27. The lowest BCUT2D eigenvalue weighted by atomic mass is 10.0. The summed E-state index contributed by atoms with van der Waals surface area (Å²) in [5.74, 6) is 2.60. The third-order valence-electron chi connectivity index (χ3n) is 3.86. The van der Waals surface area contributed by atoms with E-state index in [9.17, 15) is 0 Å². The molecule has 2 nitrogen and oxygen atoms in total. The summed E-state index contributed by atoms with van der Waals surface area (Å²) in [5.41, 5.74) is 3.57. The maximum absolute atomic E-state index is 5.30. The van der Waals surface area contributed by atoms with Crippen LogP contribution in [0.15, 0.2) is 42.5 Å². The SMILES string of the molecule is C#CCNc1ccc2c(c1)c(C)[n+](C)c1ccccc21. The lowest BCUT2D eigenvalue weighted by molar-refractivity contribution is -0.649. The van der Waals surface area contributed by atoms with E-state index in [1.807, 2.05) is 0 Å². The molecule has 0 bridgehead atoms. The van der Waals surface area contributed by atoms with Gasteiger partial charge in [0.2, 0.25) is 5.52 Å². The molecule has 3 aromatic rings. The Hall–Kier alpha value is -2.53. The maximum Gasteiger partial charge on any atom is 0.213 e. The molecule has 2 heteroatoms. The number of aryl methyl sites for hydroxylation is 2. The molecule has 0 saturated heterocycles. The summed E-state index contributed by atoms with van der Waals surface area (Å²) in [7, 11) is 2.11. The van der Waals surface area contributed by atoms with E-state index < -0.39 is 0 Å². The van der Waals surface area contributed by atoms with E-state index in [-0.39, 0.29) is 0 Å². The highest BCUT2D eigenvalue weighted by Gasteiger charge is 2.14. The van der Waals surface area contributed by atoms with Crippen LogP contribution in [0.5, 0.6) is 0 Å². The van der Waals surface area contributed by atoms with Gasteiger partial charge in [-0.3, -0.25) is 0 Å². The molecule has 1 heterocycles. The number of para-hydroxylation sites is 1. The standard InChI is InChI=1S/C18H17N2/c1-4-11-19-14-9-10-15-16-7-5-6-8-18(16)20(3)13(2)17(15)12-14/h1,5-10,12,19H,11H2,2-3H3/q+1. The highest BCUT2D eigenvalue weighted by atomic mass is 14.9. The number of fused-ring (bicyclic) bond motifs is 3.